The Morgan fingerprint density at radius 1 is 1.35 bits per heavy atom. The smallest absolute Gasteiger partial charge is 0.138 e. The van der Waals surface area contributed by atoms with Gasteiger partial charge in [0.2, 0.25) is 0 Å². The lowest BCUT2D eigenvalue weighted by Gasteiger charge is -2.14. The molecule has 1 N–H and O–H groups in total. The Kier molecular flexibility index (Phi) is 4.74. The molecule has 2 aromatic rings. The van der Waals surface area contributed by atoms with Gasteiger partial charge in [-0.05, 0) is 38.5 Å². The first kappa shape index (κ1) is 14.5. The van der Waals surface area contributed by atoms with E-state index in [-0.39, 0.29) is 6.04 Å². The first-order chi connectivity index (χ1) is 9.61. The maximum absolute atomic E-state index is 10.4. The highest BCUT2D eigenvalue weighted by Gasteiger charge is 2.15. The molecular weight excluding hydrogens is 254 g/mol. The van der Waals surface area contributed by atoms with Crippen molar-refractivity contribution in [2.45, 2.75) is 39.3 Å². The van der Waals surface area contributed by atoms with Crippen LogP contribution in [0.4, 0.5) is 0 Å². The molecule has 0 bridgehead atoms. The van der Waals surface area contributed by atoms with E-state index in [1.54, 1.807) is 0 Å². The van der Waals surface area contributed by atoms with Crippen molar-refractivity contribution < 1.29 is 9.84 Å². The molecular formula is C15H21N3O2. The van der Waals surface area contributed by atoms with Crippen LogP contribution in [0.2, 0.25) is 0 Å². The summed E-state index contributed by atoms with van der Waals surface area (Å²) in [5.74, 6) is 1.56. The van der Waals surface area contributed by atoms with Gasteiger partial charge in [0.15, 0.2) is 0 Å². The number of nitrogens with zero attached hydrogens (tertiary/aromatic N) is 3. The highest BCUT2D eigenvalue weighted by Crippen LogP contribution is 2.22. The lowest BCUT2D eigenvalue weighted by Crippen LogP contribution is -2.12. The summed E-state index contributed by atoms with van der Waals surface area (Å²) in [6.07, 6.45) is 1.35. The molecule has 0 aliphatic rings. The lowest BCUT2D eigenvalue weighted by molar-refractivity contribution is 0.173. The van der Waals surface area contributed by atoms with E-state index in [0.29, 0.717) is 13.0 Å². The normalized spacial score (nSPS) is 12.7. The molecule has 20 heavy (non-hydrogen) atoms. The van der Waals surface area contributed by atoms with E-state index in [1.807, 2.05) is 49.7 Å². The Bertz CT molecular complexity index is 552. The van der Waals surface area contributed by atoms with Crippen LogP contribution in [0.5, 0.6) is 5.75 Å². The Morgan fingerprint density at radius 2 is 2.15 bits per heavy atom. The van der Waals surface area contributed by atoms with Gasteiger partial charge >= 0.3 is 0 Å². The van der Waals surface area contributed by atoms with Crippen LogP contribution in [-0.4, -0.2) is 26.5 Å². The molecule has 0 saturated carbocycles. The van der Waals surface area contributed by atoms with Crippen molar-refractivity contribution in [2.75, 3.05) is 6.61 Å². The van der Waals surface area contributed by atoms with E-state index >= 15 is 0 Å². The number of hydrogen-bond acceptors (Lipinski definition) is 4. The van der Waals surface area contributed by atoms with Crippen LogP contribution in [0, 0.1) is 0 Å². The summed E-state index contributed by atoms with van der Waals surface area (Å²) in [5.41, 5.74) is 0.828. The summed E-state index contributed by atoms with van der Waals surface area (Å²) in [7, 11) is 0. The third-order valence-electron chi connectivity index (χ3n) is 3.07. The second-order valence-electron chi connectivity index (χ2n) is 4.94. The minimum Gasteiger partial charge on any atom is -0.494 e. The van der Waals surface area contributed by atoms with Crippen LogP contribution < -0.4 is 4.74 Å². The maximum Gasteiger partial charge on any atom is 0.138 e. The van der Waals surface area contributed by atoms with Gasteiger partial charge in [0.25, 0.3) is 0 Å². The van der Waals surface area contributed by atoms with Gasteiger partial charge in [-0.3, -0.25) is 0 Å². The number of benzene rings is 1. The Labute approximate surface area is 119 Å². The number of ether oxygens (including phenoxy) is 1. The van der Waals surface area contributed by atoms with Crippen molar-refractivity contribution in [3.63, 3.8) is 0 Å². The van der Waals surface area contributed by atoms with Crippen LogP contribution >= 0.6 is 0 Å². The standard InChI is InChI=1S/C15H21N3O2/c1-4-20-13-7-5-6-12(8-13)14(19)9-15-16-10-17-18(15)11(2)3/h5-8,10-11,14,19H,4,9H2,1-3H3. The molecule has 5 heteroatoms. The molecule has 0 amide bonds. The van der Waals surface area contributed by atoms with Crippen LogP contribution in [0.1, 0.15) is 44.3 Å². The highest BCUT2D eigenvalue weighted by molar-refractivity contribution is 5.30. The first-order valence-electron chi connectivity index (χ1n) is 6.91. The van der Waals surface area contributed by atoms with Gasteiger partial charge in [-0.25, -0.2) is 9.67 Å². The molecule has 5 nitrogen and oxygen atoms in total. The predicted molar refractivity (Wildman–Crippen MR) is 76.7 cm³/mol. The molecule has 1 heterocycles. The van der Waals surface area contributed by atoms with Gasteiger partial charge in [0, 0.05) is 12.5 Å². The summed E-state index contributed by atoms with van der Waals surface area (Å²) in [5, 5.41) is 14.5. The minimum atomic E-state index is -0.614. The zero-order valence-corrected chi connectivity index (χ0v) is 12.2. The Hall–Kier alpha value is -1.88. The van der Waals surface area contributed by atoms with E-state index in [4.69, 9.17) is 4.74 Å². The first-order valence-corrected chi connectivity index (χ1v) is 6.91. The van der Waals surface area contributed by atoms with E-state index in [1.165, 1.54) is 6.33 Å². The van der Waals surface area contributed by atoms with E-state index < -0.39 is 6.10 Å². The Morgan fingerprint density at radius 3 is 2.85 bits per heavy atom. The average Bonchev–Trinajstić information content (AvgIpc) is 2.88. The number of aromatic nitrogens is 3. The second kappa shape index (κ2) is 6.52. The topological polar surface area (TPSA) is 60.2 Å². The summed E-state index contributed by atoms with van der Waals surface area (Å²) >= 11 is 0. The largest absolute Gasteiger partial charge is 0.494 e. The SMILES string of the molecule is CCOc1cccc(C(O)Cc2ncnn2C(C)C)c1. The summed E-state index contributed by atoms with van der Waals surface area (Å²) in [6.45, 7) is 6.63. The fraction of sp³-hybridized carbons (Fsp3) is 0.467. The lowest BCUT2D eigenvalue weighted by atomic mass is 10.1. The van der Waals surface area contributed by atoms with Crippen molar-refractivity contribution in [2.24, 2.45) is 0 Å². The average molecular weight is 275 g/mol. The molecule has 108 valence electrons. The number of aliphatic hydroxyl groups excluding tert-OH is 1. The third-order valence-corrected chi connectivity index (χ3v) is 3.07. The Balaban J connectivity index is 2.13. The summed E-state index contributed by atoms with van der Waals surface area (Å²) < 4.78 is 7.28. The number of hydrogen-bond donors (Lipinski definition) is 1. The quantitative estimate of drug-likeness (QED) is 0.880. The zero-order valence-electron chi connectivity index (χ0n) is 12.2. The molecule has 0 radical (unpaired) electrons. The molecule has 1 atom stereocenters. The van der Waals surface area contributed by atoms with E-state index in [0.717, 1.165) is 17.1 Å². The molecule has 0 fully saturated rings. The molecule has 0 aliphatic heterocycles. The zero-order chi connectivity index (χ0) is 14.5. The van der Waals surface area contributed by atoms with Crippen molar-refractivity contribution in [1.82, 2.24) is 14.8 Å². The monoisotopic (exact) mass is 275 g/mol. The van der Waals surface area contributed by atoms with Gasteiger partial charge in [0.05, 0.1) is 12.7 Å². The molecule has 2 rings (SSSR count). The fourth-order valence-corrected chi connectivity index (χ4v) is 2.12. The van der Waals surface area contributed by atoms with E-state index in [2.05, 4.69) is 10.1 Å². The molecule has 0 saturated heterocycles. The predicted octanol–water partition coefficient (Wildman–Crippen LogP) is 2.53. The van der Waals surface area contributed by atoms with Crippen LogP contribution in [-0.2, 0) is 6.42 Å². The second-order valence-corrected chi connectivity index (χ2v) is 4.94. The van der Waals surface area contributed by atoms with Gasteiger partial charge in [-0.15, -0.1) is 0 Å². The minimum absolute atomic E-state index is 0.231. The molecule has 1 aromatic carbocycles. The number of rotatable bonds is 6. The van der Waals surface area contributed by atoms with Crippen molar-refractivity contribution >= 4 is 0 Å². The summed E-state index contributed by atoms with van der Waals surface area (Å²) in [4.78, 5) is 4.22. The number of aliphatic hydroxyl groups is 1. The van der Waals surface area contributed by atoms with Crippen LogP contribution in [0.25, 0.3) is 0 Å². The van der Waals surface area contributed by atoms with Crippen LogP contribution in [0.3, 0.4) is 0 Å². The van der Waals surface area contributed by atoms with Crippen molar-refractivity contribution in [1.29, 1.82) is 0 Å². The summed E-state index contributed by atoms with van der Waals surface area (Å²) in [6, 6.07) is 7.76. The van der Waals surface area contributed by atoms with Crippen molar-refractivity contribution in [3.05, 3.63) is 42.0 Å². The van der Waals surface area contributed by atoms with Gasteiger partial charge in [0.1, 0.15) is 17.9 Å². The van der Waals surface area contributed by atoms with Crippen molar-refractivity contribution in [3.8, 4) is 5.75 Å². The fourth-order valence-electron chi connectivity index (χ4n) is 2.12. The molecule has 1 aromatic heterocycles. The molecule has 0 spiro atoms. The maximum atomic E-state index is 10.4. The molecule has 0 aliphatic carbocycles. The third kappa shape index (κ3) is 3.36. The van der Waals surface area contributed by atoms with Gasteiger partial charge in [-0.1, -0.05) is 12.1 Å². The highest BCUT2D eigenvalue weighted by atomic mass is 16.5. The van der Waals surface area contributed by atoms with E-state index in [9.17, 15) is 5.11 Å². The van der Waals surface area contributed by atoms with Gasteiger partial charge < -0.3 is 9.84 Å². The molecule has 1 unspecified atom stereocenters. The van der Waals surface area contributed by atoms with Gasteiger partial charge in [-0.2, -0.15) is 5.10 Å². The van der Waals surface area contributed by atoms with Crippen LogP contribution in [0.15, 0.2) is 30.6 Å².